The Balaban J connectivity index is 2.43. The Morgan fingerprint density at radius 1 is 1.44 bits per heavy atom. The van der Waals surface area contributed by atoms with Gasteiger partial charge in [-0.3, -0.25) is 4.79 Å². The summed E-state index contributed by atoms with van der Waals surface area (Å²) in [6.07, 6.45) is 0. The number of hydrogen-bond donors (Lipinski definition) is 2. The van der Waals surface area contributed by atoms with Crippen LogP contribution in [0.3, 0.4) is 0 Å². The van der Waals surface area contributed by atoms with Crippen LogP contribution < -0.4 is 11.1 Å². The van der Waals surface area contributed by atoms with Crippen molar-refractivity contribution in [3.8, 4) is 0 Å². The fourth-order valence-electron chi connectivity index (χ4n) is 1.21. The normalized spacial score (nSPS) is 11.2. The highest BCUT2D eigenvalue weighted by Gasteiger charge is 2.13. The monoisotopic (exact) mass is 238 g/mol. The number of amides is 1. The van der Waals surface area contributed by atoms with Crippen molar-refractivity contribution in [2.24, 2.45) is 0 Å². The fraction of sp³-hybridized carbons (Fsp3) is 0.417. The maximum Gasteiger partial charge on any atom is 0.230 e. The Morgan fingerprint density at radius 2 is 2.12 bits per heavy atom. The van der Waals surface area contributed by atoms with Gasteiger partial charge in [-0.25, -0.2) is 0 Å². The lowest BCUT2D eigenvalue weighted by molar-refractivity contribution is -0.119. The first-order valence-electron chi connectivity index (χ1n) is 5.16. The van der Waals surface area contributed by atoms with Crippen molar-refractivity contribution in [3.05, 3.63) is 24.3 Å². The zero-order valence-electron chi connectivity index (χ0n) is 9.91. The summed E-state index contributed by atoms with van der Waals surface area (Å²) >= 11 is 1.49. The number of carbonyl (C=O) groups excluding carboxylic acids is 1. The highest BCUT2D eigenvalue weighted by atomic mass is 32.2. The van der Waals surface area contributed by atoms with Gasteiger partial charge in [-0.2, -0.15) is 0 Å². The number of nitrogens with two attached hydrogens (primary N) is 1. The first-order chi connectivity index (χ1) is 7.37. The van der Waals surface area contributed by atoms with Gasteiger partial charge in [0, 0.05) is 16.1 Å². The molecule has 0 atom stereocenters. The first-order valence-corrected chi connectivity index (χ1v) is 6.15. The van der Waals surface area contributed by atoms with Crippen molar-refractivity contribution >= 4 is 23.4 Å². The van der Waals surface area contributed by atoms with Crippen molar-refractivity contribution in [1.29, 1.82) is 0 Å². The SMILES string of the molecule is CC(C)(C)NC(=O)CSc1cccc(N)c1. The van der Waals surface area contributed by atoms with Gasteiger partial charge in [-0.15, -0.1) is 11.8 Å². The number of nitrogens with one attached hydrogen (secondary N) is 1. The molecule has 88 valence electrons. The zero-order valence-corrected chi connectivity index (χ0v) is 10.7. The second-order valence-electron chi connectivity index (χ2n) is 4.66. The van der Waals surface area contributed by atoms with Gasteiger partial charge in [-0.05, 0) is 39.0 Å². The van der Waals surface area contributed by atoms with Crippen molar-refractivity contribution in [2.45, 2.75) is 31.2 Å². The van der Waals surface area contributed by atoms with Gasteiger partial charge in [-0.1, -0.05) is 6.07 Å². The Kier molecular flexibility index (Phi) is 4.24. The molecule has 1 aromatic rings. The Bertz CT molecular complexity index is 372. The third-order valence-corrected chi connectivity index (χ3v) is 2.74. The number of hydrogen-bond acceptors (Lipinski definition) is 3. The molecule has 0 aliphatic heterocycles. The third kappa shape index (κ3) is 5.07. The van der Waals surface area contributed by atoms with E-state index in [0.717, 1.165) is 10.6 Å². The Morgan fingerprint density at radius 3 is 2.69 bits per heavy atom. The Labute approximate surface area is 101 Å². The van der Waals surface area contributed by atoms with Crippen LogP contribution in [0.15, 0.2) is 29.2 Å². The van der Waals surface area contributed by atoms with Crippen LogP contribution in [0.4, 0.5) is 5.69 Å². The number of anilines is 1. The molecule has 0 fully saturated rings. The smallest absolute Gasteiger partial charge is 0.230 e. The van der Waals surface area contributed by atoms with E-state index in [2.05, 4.69) is 5.32 Å². The van der Waals surface area contributed by atoms with Crippen molar-refractivity contribution in [2.75, 3.05) is 11.5 Å². The highest BCUT2D eigenvalue weighted by molar-refractivity contribution is 8.00. The zero-order chi connectivity index (χ0) is 12.2. The average molecular weight is 238 g/mol. The first kappa shape index (κ1) is 12.9. The van der Waals surface area contributed by atoms with E-state index in [1.807, 2.05) is 45.0 Å². The lowest BCUT2D eigenvalue weighted by Gasteiger charge is -2.20. The lowest BCUT2D eigenvalue weighted by atomic mass is 10.1. The summed E-state index contributed by atoms with van der Waals surface area (Å²) in [5.41, 5.74) is 6.20. The summed E-state index contributed by atoms with van der Waals surface area (Å²) < 4.78 is 0. The molecule has 1 amide bonds. The van der Waals surface area contributed by atoms with Gasteiger partial charge in [0.1, 0.15) is 0 Å². The van der Waals surface area contributed by atoms with Gasteiger partial charge < -0.3 is 11.1 Å². The molecule has 0 spiro atoms. The molecule has 0 aliphatic carbocycles. The molecule has 3 nitrogen and oxygen atoms in total. The maximum absolute atomic E-state index is 11.6. The van der Waals surface area contributed by atoms with Gasteiger partial charge in [0.15, 0.2) is 0 Å². The van der Waals surface area contributed by atoms with Gasteiger partial charge in [0.25, 0.3) is 0 Å². The van der Waals surface area contributed by atoms with Crippen molar-refractivity contribution in [1.82, 2.24) is 5.32 Å². The molecule has 1 rings (SSSR count). The second kappa shape index (κ2) is 5.25. The summed E-state index contributed by atoms with van der Waals surface area (Å²) in [6, 6.07) is 7.54. The number of rotatable bonds is 3. The van der Waals surface area contributed by atoms with E-state index in [1.165, 1.54) is 11.8 Å². The van der Waals surface area contributed by atoms with Crippen LogP contribution in [0, 0.1) is 0 Å². The second-order valence-corrected chi connectivity index (χ2v) is 5.71. The van der Waals surface area contributed by atoms with E-state index in [1.54, 1.807) is 0 Å². The van der Waals surface area contributed by atoms with Crippen LogP contribution in [-0.4, -0.2) is 17.2 Å². The lowest BCUT2D eigenvalue weighted by Crippen LogP contribution is -2.41. The van der Waals surface area contributed by atoms with Crippen LogP contribution in [-0.2, 0) is 4.79 Å². The standard InChI is InChI=1S/C12H18N2OS/c1-12(2,3)14-11(15)8-16-10-6-4-5-9(13)7-10/h4-7H,8,13H2,1-3H3,(H,14,15). The topological polar surface area (TPSA) is 55.1 Å². The Hall–Kier alpha value is -1.16. The molecule has 0 radical (unpaired) electrons. The third-order valence-electron chi connectivity index (χ3n) is 1.74. The molecular weight excluding hydrogens is 220 g/mol. The highest BCUT2D eigenvalue weighted by Crippen LogP contribution is 2.19. The molecule has 16 heavy (non-hydrogen) atoms. The fourth-order valence-corrected chi connectivity index (χ4v) is 1.97. The molecule has 0 saturated carbocycles. The minimum Gasteiger partial charge on any atom is -0.399 e. The van der Waals surface area contributed by atoms with Gasteiger partial charge in [0.05, 0.1) is 5.75 Å². The summed E-state index contributed by atoms with van der Waals surface area (Å²) in [7, 11) is 0. The van der Waals surface area contributed by atoms with E-state index in [4.69, 9.17) is 5.73 Å². The molecule has 0 heterocycles. The number of benzene rings is 1. The minimum absolute atomic E-state index is 0.0416. The maximum atomic E-state index is 11.6. The average Bonchev–Trinajstić information content (AvgIpc) is 2.12. The molecular formula is C12H18N2OS. The summed E-state index contributed by atoms with van der Waals surface area (Å²) in [6.45, 7) is 5.90. The van der Waals surface area contributed by atoms with Crippen LogP contribution >= 0.6 is 11.8 Å². The number of thioether (sulfide) groups is 1. The molecule has 0 saturated heterocycles. The predicted octanol–water partition coefficient (Wildman–Crippen LogP) is 2.28. The molecule has 3 N–H and O–H groups in total. The minimum atomic E-state index is -0.173. The van der Waals surface area contributed by atoms with E-state index < -0.39 is 0 Å². The molecule has 0 unspecified atom stereocenters. The van der Waals surface area contributed by atoms with Crippen LogP contribution in [0.2, 0.25) is 0 Å². The van der Waals surface area contributed by atoms with Crippen molar-refractivity contribution < 1.29 is 4.79 Å². The molecule has 0 bridgehead atoms. The van der Waals surface area contributed by atoms with E-state index in [9.17, 15) is 4.79 Å². The quantitative estimate of drug-likeness (QED) is 0.627. The number of nitrogen functional groups attached to an aromatic ring is 1. The molecule has 4 heteroatoms. The van der Waals surface area contributed by atoms with Gasteiger partial charge in [0.2, 0.25) is 5.91 Å². The predicted molar refractivity (Wildman–Crippen MR) is 69.5 cm³/mol. The molecule has 0 aromatic heterocycles. The van der Waals surface area contributed by atoms with E-state index >= 15 is 0 Å². The summed E-state index contributed by atoms with van der Waals surface area (Å²) in [4.78, 5) is 12.6. The van der Waals surface area contributed by atoms with Crippen LogP contribution in [0.5, 0.6) is 0 Å². The largest absolute Gasteiger partial charge is 0.399 e. The number of carbonyl (C=O) groups is 1. The molecule has 0 aliphatic rings. The summed E-state index contributed by atoms with van der Waals surface area (Å²) in [5, 5.41) is 2.91. The van der Waals surface area contributed by atoms with Crippen LogP contribution in [0.1, 0.15) is 20.8 Å². The van der Waals surface area contributed by atoms with Crippen LogP contribution in [0.25, 0.3) is 0 Å². The van der Waals surface area contributed by atoms with Gasteiger partial charge >= 0.3 is 0 Å². The molecule has 1 aromatic carbocycles. The summed E-state index contributed by atoms with van der Waals surface area (Å²) in [5.74, 6) is 0.459. The van der Waals surface area contributed by atoms with Crippen molar-refractivity contribution in [3.63, 3.8) is 0 Å². The van der Waals surface area contributed by atoms with E-state index in [0.29, 0.717) is 5.75 Å². The van der Waals surface area contributed by atoms with E-state index in [-0.39, 0.29) is 11.4 Å².